The predicted molar refractivity (Wildman–Crippen MR) is 161 cm³/mol. The van der Waals surface area contributed by atoms with Crippen molar-refractivity contribution < 1.29 is 18.8 Å². The van der Waals surface area contributed by atoms with E-state index >= 15 is 0 Å². The van der Waals surface area contributed by atoms with E-state index in [1.54, 1.807) is 18.2 Å². The summed E-state index contributed by atoms with van der Waals surface area (Å²) >= 11 is 47.9. The highest BCUT2D eigenvalue weighted by Crippen LogP contribution is 2.65. The van der Waals surface area contributed by atoms with Crippen LogP contribution in [0.25, 0.3) is 0 Å². The molecule has 1 fully saturated rings. The third-order valence-electron chi connectivity index (χ3n) is 6.10. The number of carbonyl (C=O) groups is 3. The molecule has 1 saturated carbocycles. The van der Waals surface area contributed by atoms with Crippen molar-refractivity contribution in [1.82, 2.24) is 0 Å². The maximum Gasteiger partial charge on any atom is 0.276 e. The summed E-state index contributed by atoms with van der Waals surface area (Å²) in [5.41, 5.74) is 1.13. The Bertz CT molecular complexity index is 1530. The van der Waals surface area contributed by atoms with E-state index in [0.717, 1.165) is 12.1 Å². The van der Waals surface area contributed by atoms with Crippen molar-refractivity contribution in [3.8, 4) is 0 Å². The van der Waals surface area contributed by atoms with Crippen molar-refractivity contribution in [2.24, 2.45) is 5.92 Å². The maximum atomic E-state index is 13.9. The predicted octanol–water partition coefficient (Wildman–Crippen LogP) is 9.05. The highest BCUT2D eigenvalue weighted by atomic mass is 35.6. The van der Waals surface area contributed by atoms with Gasteiger partial charge in [0.1, 0.15) is 10.2 Å². The van der Waals surface area contributed by atoms with Gasteiger partial charge in [0.2, 0.25) is 5.91 Å². The van der Waals surface area contributed by atoms with Gasteiger partial charge >= 0.3 is 0 Å². The van der Waals surface area contributed by atoms with Gasteiger partial charge in [0.25, 0.3) is 9.70 Å². The molecule has 2 unspecified atom stereocenters. The molecule has 0 heterocycles. The van der Waals surface area contributed by atoms with Gasteiger partial charge in [-0.3, -0.25) is 14.4 Å². The Labute approximate surface area is 268 Å². The molecule has 5 nitrogen and oxygen atoms in total. The molecule has 0 radical (unpaired) electrons. The molecule has 3 aromatic carbocycles. The first kappa shape index (κ1) is 31.5. The zero-order valence-corrected chi connectivity index (χ0v) is 25.7. The average molecular weight is 706 g/mol. The van der Waals surface area contributed by atoms with Crippen LogP contribution in [-0.2, 0) is 16.0 Å². The summed E-state index contributed by atoms with van der Waals surface area (Å²) in [6.45, 7) is 0. The number of ketones is 1. The average Bonchev–Trinajstić information content (AvgIpc) is 3.44. The van der Waals surface area contributed by atoms with E-state index in [9.17, 15) is 18.8 Å². The zero-order valence-electron chi connectivity index (χ0n) is 19.7. The summed E-state index contributed by atoms with van der Waals surface area (Å²) in [6, 6.07) is 12.6. The quantitative estimate of drug-likeness (QED) is 0.190. The number of alkyl halides is 5. The molecule has 2 amide bonds. The maximum absolute atomic E-state index is 13.9. The van der Waals surface area contributed by atoms with Crippen molar-refractivity contribution >= 4 is 122 Å². The van der Waals surface area contributed by atoms with Crippen LogP contribution in [0.5, 0.6) is 0 Å². The summed E-state index contributed by atoms with van der Waals surface area (Å²) in [4.78, 5) is 38.4. The van der Waals surface area contributed by atoms with Crippen LogP contribution in [0, 0.1) is 11.7 Å². The van der Waals surface area contributed by atoms with E-state index in [4.69, 9.17) is 92.8 Å². The smallest absolute Gasteiger partial charge is 0.276 e. The van der Waals surface area contributed by atoms with Gasteiger partial charge in [-0.1, -0.05) is 81.7 Å². The number of rotatable bonds is 7. The van der Waals surface area contributed by atoms with Crippen LogP contribution >= 0.6 is 92.8 Å². The highest BCUT2D eigenvalue weighted by Gasteiger charge is 2.67. The first-order valence-electron chi connectivity index (χ1n) is 11.2. The molecular weight excluding hydrogens is 691 g/mol. The fourth-order valence-corrected chi connectivity index (χ4v) is 5.59. The molecule has 0 aliphatic heterocycles. The number of hydrogen-bond acceptors (Lipinski definition) is 3. The van der Waals surface area contributed by atoms with Crippen molar-refractivity contribution in [1.29, 1.82) is 0 Å². The van der Waals surface area contributed by atoms with Gasteiger partial charge in [0.05, 0.1) is 21.0 Å². The fraction of sp³-hybridized carbons (Fsp3) is 0.192. The Morgan fingerprint density at radius 3 is 2.17 bits per heavy atom. The van der Waals surface area contributed by atoms with Crippen LogP contribution in [0.1, 0.15) is 27.4 Å². The number of nitrogens with one attached hydrogen (secondary N) is 2. The number of carbonyl (C=O) groups excluding carboxylic acids is 3. The lowest BCUT2D eigenvalue weighted by Gasteiger charge is -2.15. The Balaban J connectivity index is 1.52. The van der Waals surface area contributed by atoms with Gasteiger partial charge in [-0.15, -0.1) is 23.2 Å². The largest absolute Gasteiger partial charge is 0.326 e. The van der Waals surface area contributed by atoms with E-state index in [1.165, 1.54) is 24.3 Å². The Morgan fingerprint density at radius 2 is 1.52 bits per heavy atom. The van der Waals surface area contributed by atoms with E-state index in [0.29, 0.717) is 15.6 Å². The third-order valence-corrected chi connectivity index (χ3v) is 8.63. The van der Waals surface area contributed by atoms with Crippen LogP contribution in [0.4, 0.5) is 15.8 Å². The van der Waals surface area contributed by atoms with Gasteiger partial charge in [0, 0.05) is 29.3 Å². The summed E-state index contributed by atoms with van der Waals surface area (Å²) in [7, 11) is 0. The van der Waals surface area contributed by atoms with E-state index in [1.807, 2.05) is 0 Å². The summed E-state index contributed by atoms with van der Waals surface area (Å²) in [5, 5.41) is 5.74. The van der Waals surface area contributed by atoms with Gasteiger partial charge in [-0.2, -0.15) is 0 Å². The normalized spacial score (nSPS) is 17.7. The number of benzene rings is 3. The Kier molecular flexibility index (Phi) is 9.45. The molecule has 3 aromatic rings. The topological polar surface area (TPSA) is 75.3 Å². The van der Waals surface area contributed by atoms with Crippen LogP contribution in [0.15, 0.2) is 54.6 Å². The van der Waals surface area contributed by atoms with Crippen LogP contribution < -0.4 is 10.6 Å². The molecule has 2 atom stereocenters. The van der Waals surface area contributed by atoms with Crippen molar-refractivity contribution in [3.05, 3.63) is 92.2 Å². The van der Waals surface area contributed by atoms with Crippen LogP contribution in [-0.4, -0.2) is 25.7 Å². The SMILES string of the molecule is O=C(Cc1ccc(F)cc1NC(=O)C(Cl)(Cl)Cl)c1cc(NC(=O)C2C(c3ccc(Cl)c(Cl)c3)C2(Cl)Cl)ccc1Cl. The number of anilines is 2. The number of Topliss-reactive ketones (excluding diaryl/α,β-unsaturated/α-hetero) is 1. The Hall–Kier alpha value is -1.48. The summed E-state index contributed by atoms with van der Waals surface area (Å²) in [6.07, 6.45) is -0.304. The molecular formula is C26H15Cl8FN2O3. The number of halogens is 9. The van der Waals surface area contributed by atoms with Gasteiger partial charge < -0.3 is 10.6 Å². The highest BCUT2D eigenvalue weighted by molar-refractivity contribution is 6.76. The molecule has 0 aromatic heterocycles. The molecule has 2 N–H and O–H groups in total. The molecule has 14 heteroatoms. The molecule has 0 bridgehead atoms. The number of hydrogen-bond donors (Lipinski definition) is 2. The first-order valence-corrected chi connectivity index (χ1v) is 14.2. The molecule has 0 spiro atoms. The van der Waals surface area contributed by atoms with Crippen molar-refractivity contribution in [3.63, 3.8) is 0 Å². The fourth-order valence-electron chi connectivity index (χ4n) is 4.09. The van der Waals surface area contributed by atoms with Crippen molar-refractivity contribution in [2.75, 3.05) is 10.6 Å². The standard InChI is InChI=1S/C26H15Cl8FN2O3/c27-16-6-4-14(36-23(39)22-21(25(22,30)31)12-2-5-17(28)18(29)7-12)10-15(16)20(38)8-11-1-3-13(35)9-19(11)37-24(40)26(32,33)34/h1-7,9-10,21-22H,8H2,(H,36,39)(H,37,40). The lowest BCUT2D eigenvalue weighted by molar-refractivity contribution is -0.117. The van der Waals surface area contributed by atoms with Crippen molar-refractivity contribution in [2.45, 2.75) is 20.5 Å². The minimum Gasteiger partial charge on any atom is -0.326 e. The van der Waals surface area contributed by atoms with Gasteiger partial charge in [-0.05, 0) is 53.6 Å². The second-order valence-corrected chi connectivity index (χ2v) is 13.8. The lowest BCUT2D eigenvalue weighted by Crippen LogP contribution is -2.27. The lowest BCUT2D eigenvalue weighted by atomic mass is 10.0. The number of amides is 2. The first-order chi connectivity index (χ1) is 18.6. The minimum absolute atomic E-state index is 0.0577. The molecule has 0 saturated heterocycles. The van der Waals surface area contributed by atoms with Gasteiger partial charge in [-0.25, -0.2) is 4.39 Å². The molecule has 210 valence electrons. The molecule has 40 heavy (non-hydrogen) atoms. The zero-order chi connectivity index (χ0) is 29.6. The third kappa shape index (κ3) is 6.93. The van der Waals surface area contributed by atoms with E-state index in [2.05, 4.69) is 10.6 Å². The molecule has 4 rings (SSSR count). The minimum atomic E-state index is -2.31. The Morgan fingerprint density at radius 1 is 0.850 bits per heavy atom. The second kappa shape index (κ2) is 12.0. The molecule has 1 aliphatic rings. The van der Waals surface area contributed by atoms with Gasteiger partial charge in [0.15, 0.2) is 5.78 Å². The van der Waals surface area contributed by atoms with Crippen LogP contribution in [0.2, 0.25) is 15.1 Å². The van der Waals surface area contributed by atoms with E-state index in [-0.39, 0.29) is 33.9 Å². The second-order valence-electron chi connectivity index (χ2n) is 8.84. The summed E-state index contributed by atoms with van der Waals surface area (Å²) in [5.74, 6) is -4.07. The summed E-state index contributed by atoms with van der Waals surface area (Å²) < 4.78 is 10.2. The van der Waals surface area contributed by atoms with Crippen LogP contribution in [0.3, 0.4) is 0 Å². The van der Waals surface area contributed by atoms with E-state index < -0.39 is 43.4 Å². The monoisotopic (exact) mass is 702 g/mol. The molecule has 1 aliphatic carbocycles.